The quantitative estimate of drug-likeness (QED) is 0.366. The lowest BCUT2D eigenvalue weighted by Crippen LogP contribution is -2.29. The second kappa shape index (κ2) is 8.24. The Balaban J connectivity index is 1.95. The molecule has 6 nitrogen and oxygen atoms in total. The number of amides is 1. The Bertz CT molecular complexity index is 1210. The summed E-state index contributed by atoms with van der Waals surface area (Å²) >= 11 is 6.13. The number of aliphatic hydroxyl groups is 1. The Morgan fingerprint density at radius 2 is 1.90 bits per heavy atom. The van der Waals surface area contributed by atoms with Crippen LogP contribution in [0.1, 0.15) is 22.9 Å². The van der Waals surface area contributed by atoms with Gasteiger partial charge in [-0.15, -0.1) is 0 Å². The number of hydrogen-bond donors (Lipinski definition) is 1. The second-order valence-corrected chi connectivity index (χ2v) is 7.52. The number of Topliss-reactive ketones (excluding diaryl/α,β-unsaturated/α-hetero) is 1. The van der Waals surface area contributed by atoms with Crippen molar-refractivity contribution in [1.29, 1.82) is 0 Å². The Morgan fingerprint density at radius 3 is 2.55 bits per heavy atom. The van der Waals surface area contributed by atoms with E-state index in [0.717, 1.165) is 0 Å². The molecule has 31 heavy (non-hydrogen) atoms. The number of ether oxygens (including phenoxy) is 1. The molecule has 1 aliphatic rings. The summed E-state index contributed by atoms with van der Waals surface area (Å²) in [4.78, 5) is 31.9. The predicted molar refractivity (Wildman–Crippen MR) is 118 cm³/mol. The minimum absolute atomic E-state index is 0.0306. The van der Waals surface area contributed by atoms with Gasteiger partial charge in [0.1, 0.15) is 17.6 Å². The van der Waals surface area contributed by atoms with Crippen molar-refractivity contribution in [3.8, 4) is 5.75 Å². The highest BCUT2D eigenvalue weighted by atomic mass is 35.5. The molecule has 1 atom stereocenters. The lowest BCUT2D eigenvalue weighted by Gasteiger charge is -2.24. The Labute approximate surface area is 184 Å². The third-order valence-electron chi connectivity index (χ3n) is 5.19. The number of methoxy groups -OCH3 is 1. The van der Waals surface area contributed by atoms with Gasteiger partial charge in [0.05, 0.1) is 18.4 Å². The van der Waals surface area contributed by atoms with Crippen LogP contribution in [0.2, 0.25) is 5.02 Å². The van der Waals surface area contributed by atoms with Gasteiger partial charge in [-0.2, -0.15) is 0 Å². The van der Waals surface area contributed by atoms with E-state index in [9.17, 15) is 14.7 Å². The van der Waals surface area contributed by atoms with Gasteiger partial charge in [-0.05, 0) is 61.0 Å². The van der Waals surface area contributed by atoms with Crippen LogP contribution in [0.25, 0.3) is 5.76 Å². The molecule has 7 heteroatoms. The number of aromatic nitrogens is 1. The molecule has 1 unspecified atom stereocenters. The summed E-state index contributed by atoms with van der Waals surface area (Å²) in [6.07, 6.45) is 1.58. The number of nitrogens with zero attached hydrogens (tertiary/aromatic N) is 2. The van der Waals surface area contributed by atoms with Crippen molar-refractivity contribution < 1.29 is 19.4 Å². The molecule has 1 N–H and O–H groups in total. The molecule has 1 fully saturated rings. The molecule has 0 radical (unpaired) electrons. The van der Waals surface area contributed by atoms with Crippen LogP contribution in [0.5, 0.6) is 5.75 Å². The topological polar surface area (TPSA) is 79.7 Å². The fourth-order valence-corrected chi connectivity index (χ4v) is 3.90. The molecule has 1 aromatic heterocycles. The first-order valence-corrected chi connectivity index (χ1v) is 9.92. The van der Waals surface area contributed by atoms with Crippen LogP contribution in [0, 0.1) is 6.92 Å². The van der Waals surface area contributed by atoms with Crippen LogP contribution in [-0.2, 0) is 9.59 Å². The van der Waals surface area contributed by atoms with Crippen LogP contribution in [0.4, 0.5) is 5.69 Å². The van der Waals surface area contributed by atoms with Crippen molar-refractivity contribution in [2.45, 2.75) is 13.0 Å². The molecule has 1 saturated heterocycles. The van der Waals surface area contributed by atoms with Gasteiger partial charge in [0, 0.05) is 22.5 Å². The van der Waals surface area contributed by atoms with Crippen molar-refractivity contribution in [3.63, 3.8) is 0 Å². The van der Waals surface area contributed by atoms with Crippen LogP contribution < -0.4 is 9.64 Å². The highest BCUT2D eigenvalue weighted by Gasteiger charge is 2.47. The molecule has 3 aromatic rings. The maximum Gasteiger partial charge on any atom is 0.300 e. The summed E-state index contributed by atoms with van der Waals surface area (Å²) in [6.45, 7) is 1.79. The number of hydrogen-bond acceptors (Lipinski definition) is 5. The fraction of sp³-hybridized carbons (Fsp3) is 0.125. The molecular formula is C24H19ClN2O4. The molecular weight excluding hydrogens is 416 g/mol. The number of pyridine rings is 1. The Hall–Kier alpha value is -3.64. The summed E-state index contributed by atoms with van der Waals surface area (Å²) in [5, 5.41) is 11.6. The molecule has 2 heterocycles. The van der Waals surface area contributed by atoms with E-state index in [2.05, 4.69) is 4.98 Å². The normalized spacial score (nSPS) is 17.8. The number of aryl methyl sites for hydroxylation is 1. The maximum atomic E-state index is 13.1. The molecule has 4 rings (SSSR count). The van der Waals surface area contributed by atoms with E-state index < -0.39 is 17.7 Å². The van der Waals surface area contributed by atoms with E-state index in [0.29, 0.717) is 33.3 Å². The number of benzene rings is 2. The van der Waals surface area contributed by atoms with Crippen molar-refractivity contribution in [2.24, 2.45) is 0 Å². The third kappa shape index (κ3) is 3.66. The van der Waals surface area contributed by atoms with Crippen LogP contribution in [0.15, 0.2) is 72.4 Å². The average molecular weight is 435 g/mol. The van der Waals surface area contributed by atoms with Gasteiger partial charge >= 0.3 is 0 Å². The van der Waals surface area contributed by atoms with Gasteiger partial charge in [-0.25, -0.2) is 0 Å². The van der Waals surface area contributed by atoms with E-state index in [1.54, 1.807) is 80.9 Å². The van der Waals surface area contributed by atoms with Gasteiger partial charge in [-0.1, -0.05) is 23.7 Å². The van der Waals surface area contributed by atoms with Crippen molar-refractivity contribution in [2.75, 3.05) is 12.0 Å². The summed E-state index contributed by atoms with van der Waals surface area (Å²) in [5.41, 5.74) is 2.00. The molecule has 1 amide bonds. The first-order valence-electron chi connectivity index (χ1n) is 9.55. The van der Waals surface area contributed by atoms with Crippen molar-refractivity contribution >= 4 is 34.7 Å². The Morgan fingerprint density at radius 1 is 1.10 bits per heavy atom. The molecule has 156 valence electrons. The number of anilines is 1. The number of rotatable bonds is 4. The molecule has 1 aliphatic heterocycles. The smallest absolute Gasteiger partial charge is 0.300 e. The van der Waals surface area contributed by atoms with E-state index in [-0.39, 0.29) is 11.3 Å². The van der Waals surface area contributed by atoms with Gasteiger partial charge in [0.15, 0.2) is 0 Å². The maximum absolute atomic E-state index is 13.1. The van der Waals surface area contributed by atoms with Crippen molar-refractivity contribution in [3.05, 3.63) is 94.3 Å². The van der Waals surface area contributed by atoms with Crippen LogP contribution in [0.3, 0.4) is 0 Å². The molecule has 0 spiro atoms. The van der Waals surface area contributed by atoms with Gasteiger partial charge in [-0.3, -0.25) is 19.5 Å². The largest absolute Gasteiger partial charge is 0.507 e. The predicted octanol–water partition coefficient (Wildman–Crippen LogP) is 4.68. The zero-order valence-corrected chi connectivity index (χ0v) is 17.6. The van der Waals surface area contributed by atoms with E-state index in [1.807, 2.05) is 0 Å². The molecule has 2 aromatic carbocycles. The number of aliphatic hydroxyl groups excluding tert-OH is 1. The minimum atomic E-state index is -0.902. The van der Waals surface area contributed by atoms with E-state index in [4.69, 9.17) is 16.3 Å². The SMILES string of the molecule is COc1ccc(/C(O)=C2/C(=O)C(=O)N(c3cccc(Cl)c3)C2c2ccccn2)c(C)c1. The van der Waals surface area contributed by atoms with Gasteiger partial charge in [0.25, 0.3) is 11.7 Å². The van der Waals surface area contributed by atoms with Gasteiger partial charge < -0.3 is 9.84 Å². The highest BCUT2D eigenvalue weighted by Crippen LogP contribution is 2.42. The van der Waals surface area contributed by atoms with Gasteiger partial charge in [0.2, 0.25) is 0 Å². The van der Waals surface area contributed by atoms with Crippen molar-refractivity contribution in [1.82, 2.24) is 4.98 Å². The highest BCUT2D eigenvalue weighted by molar-refractivity contribution is 6.51. The molecule has 0 aliphatic carbocycles. The van der Waals surface area contributed by atoms with Crippen LogP contribution in [-0.4, -0.2) is 28.9 Å². The Kier molecular flexibility index (Phi) is 5.48. The molecule has 0 bridgehead atoms. The summed E-state index contributed by atoms with van der Waals surface area (Å²) < 4.78 is 5.22. The zero-order chi connectivity index (χ0) is 22.1. The van der Waals surface area contributed by atoms with Crippen LogP contribution >= 0.6 is 11.6 Å². The zero-order valence-electron chi connectivity index (χ0n) is 16.9. The monoisotopic (exact) mass is 434 g/mol. The number of halogens is 1. The lowest BCUT2D eigenvalue weighted by molar-refractivity contribution is -0.132. The summed E-state index contributed by atoms with van der Waals surface area (Å²) in [7, 11) is 1.55. The number of ketones is 1. The molecule has 0 saturated carbocycles. The number of carbonyl (C=O) groups excluding carboxylic acids is 2. The fourth-order valence-electron chi connectivity index (χ4n) is 3.72. The first-order chi connectivity index (χ1) is 14.9. The summed E-state index contributed by atoms with van der Waals surface area (Å²) in [6, 6.07) is 16.1. The van der Waals surface area contributed by atoms with E-state index in [1.165, 1.54) is 4.90 Å². The minimum Gasteiger partial charge on any atom is -0.507 e. The summed E-state index contributed by atoms with van der Waals surface area (Å²) in [5.74, 6) is -1.19. The van der Waals surface area contributed by atoms with E-state index >= 15 is 0 Å². The average Bonchev–Trinajstić information content (AvgIpc) is 3.04. The standard InChI is InChI=1S/C24H19ClN2O4/c1-14-12-17(31-2)9-10-18(14)22(28)20-21(19-8-3-4-11-26-19)27(24(30)23(20)29)16-7-5-6-15(25)13-16/h3-13,21,28H,1-2H3/b22-20-. The third-order valence-corrected chi connectivity index (χ3v) is 5.42. The second-order valence-electron chi connectivity index (χ2n) is 7.08. The number of carbonyl (C=O) groups is 2. The first kappa shape index (κ1) is 20.6. The lowest BCUT2D eigenvalue weighted by atomic mass is 9.96.